The first-order valence-corrected chi connectivity index (χ1v) is 9.63. The lowest BCUT2D eigenvalue weighted by atomic mass is 9.58. The number of likely N-dealkylation sites (N-methyl/N-ethyl adjacent to an activating group) is 1. The minimum Gasteiger partial charge on any atom is -0.430 e. The molecular formula is C20H36BN3O2. The predicted octanol–water partition coefficient (Wildman–Crippen LogP) is 3.50. The van der Waals surface area contributed by atoms with Crippen LogP contribution >= 0.6 is 0 Å². The Morgan fingerprint density at radius 2 is 1.96 bits per heavy atom. The molecule has 1 fully saturated rings. The topological polar surface area (TPSA) is 45.1 Å². The smallest absolute Gasteiger partial charge is 0.327 e. The third-order valence-electron chi connectivity index (χ3n) is 4.37. The summed E-state index contributed by atoms with van der Waals surface area (Å²) in [5.41, 5.74) is 0.944. The zero-order valence-electron chi connectivity index (χ0n) is 17.5. The zero-order valence-corrected chi connectivity index (χ0v) is 17.5. The lowest BCUT2D eigenvalue weighted by Gasteiger charge is -2.38. The minimum atomic E-state index is -0.0509. The average Bonchev–Trinajstić information content (AvgIpc) is 2.53. The summed E-state index contributed by atoms with van der Waals surface area (Å²) in [4.78, 5) is 20.5. The molecule has 146 valence electrons. The second kappa shape index (κ2) is 9.95. The summed E-state index contributed by atoms with van der Waals surface area (Å²) in [6, 6.07) is 0. The number of hydrogen-bond acceptors (Lipinski definition) is 4. The number of nitrogens with zero attached hydrogens (tertiary/aromatic N) is 3. The number of rotatable bonds is 10. The molecule has 26 heavy (non-hydrogen) atoms. The Labute approximate surface area is 160 Å². The predicted molar refractivity (Wildman–Crippen MR) is 111 cm³/mol. The van der Waals surface area contributed by atoms with E-state index in [9.17, 15) is 4.79 Å². The van der Waals surface area contributed by atoms with Crippen LogP contribution in [-0.2, 0) is 9.45 Å². The third kappa shape index (κ3) is 7.36. The molecule has 0 aromatic heterocycles. The van der Waals surface area contributed by atoms with Crippen LogP contribution < -0.4 is 0 Å². The largest absolute Gasteiger partial charge is 0.430 e. The van der Waals surface area contributed by atoms with E-state index in [1.807, 2.05) is 16.7 Å². The highest BCUT2D eigenvalue weighted by Crippen LogP contribution is 2.17. The maximum atomic E-state index is 12.3. The molecular weight excluding hydrogens is 325 g/mol. The van der Waals surface area contributed by atoms with Gasteiger partial charge in [-0.3, -0.25) is 4.79 Å². The van der Waals surface area contributed by atoms with Crippen LogP contribution in [-0.4, -0.2) is 61.6 Å². The van der Waals surface area contributed by atoms with Crippen LogP contribution in [0.4, 0.5) is 0 Å². The molecule has 0 aromatic rings. The number of allylic oxidation sites excluding steroid dienone is 1. The molecule has 6 heteroatoms. The number of aliphatic imine (C=N–C) groups is 1. The van der Waals surface area contributed by atoms with Crippen LogP contribution in [0.25, 0.3) is 0 Å². The second-order valence-electron chi connectivity index (χ2n) is 8.44. The molecule has 0 spiro atoms. The van der Waals surface area contributed by atoms with Gasteiger partial charge in [-0.1, -0.05) is 41.2 Å². The van der Waals surface area contributed by atoms with Gasteiger partial charge in [0.15, 0.2) is 0 Å². The zero-order chi connectivity index (χ0) is 19.9. The van der Waals surface area contributed by atoms with Crippen LogP contribution in [0.1, 0.15) is 41.5 Å². The molecule has 0 bridgehead atoms. The van der Waals surface area contributed by atoms with Gasteiger partial charge in [0.05, 0.1) is 6.54 Å². The third-order valence-corrected chi connectivity index (χ3v) is 4.37. The Hall–Kier alpha value is -1.56. The van der Waals surface area contributed by atoms with Crippen molar-refractivity contribution in [3.05, 3.63) is 24.5 Å². The molecule has 0 radical (unpaired) electrons. The van der Waals surface area contributed by atoms with E-state index in [4.69, 9.17) is 4.65 Å². The van der Waals surface area contributed by atoms with Crippen LogP contribution in [0.3, 0.4) is 0 Å². The maximum Gasteiger partial charge on any atom is 0.327 e. The summed E-state index contributed by atoms with van der Waals surface area (Å²) in [5, 5.41) is 0. The molecule has 1 rings (SSSR count). The number of carbonyl (C=O) groups is 1. The van der Waals surface area contributed by atoms with E-state index in [-0.39, 0.29) is 18.2 Å². The quantitative estimate of drug-likeness (QED) is 0.442. The van der Waals surface area contributed by atoms with Crippen molar-refractivity contribution in [3.8, 4) is 0 Å². The van der Waals surface area contributed by atoms with Gasteiger partial charge in [-0.05, 0) is 30.0 Å². The average molecular weight is 361 g/mol. The first-order valence-electron chi connectivity index (χ1n) is 9.63. The Bertz CT molecular complexity index is 534. The number of amides is 1. The molecule has 1 aliphatic rings. The Kier molecular flexibility index (Phi) is 8.61. The molecule has 1 saturated heterocycles. The van der Waals surface area contributed by atoms with Crippen LogP contribution in [0.15, 0.2) is 29.4 Å². The summed E-state index contributed by atoms with van der Waals surface area (Å²) in [6.45, 7) is 24.1. The van der Waals surface area contributed by atoms with Gasteiger partial charge in [0.2, 0.25) is 5.91 Å². The van der Waals surface area contributed by atoms with Gasteiger partial charge in [0.25, 0.3) is 0 Å². The number of likely N-dealkylation sites (tertiary alicyclic amines) is 1. The van der Waals surface area contributed by atoms with E-state index in [1.54, 1.807) is 6.21 Å². The van der Waals surface area contributed by atoms with E-state index in [1.165, 1.54) is 0 Å². The van der Waals surface area contributed by atoms with Crippen LogP contribution in [0, 0.1) is 11.3 Å². The Morgan fingerprint density at radius 1 is 1.35 bits per heavy atom. The first kappa shape index (κ1) is 22.5. The molecule has 0 atom stereocenters. The van der Waals surface area contributed by atoms with Crippen LogP contribution in [0.2, 0.25) is 6.32 Å². The maximum absolute atomic E-state index is 12.3. The molecule has 1 aliphatic heterocycles. The first-order chi connectivity index (χ1) is 12.1. The molecule has 0 aromatic carbocycles. The van der Waals surface area contributed by atoms with Crippen molar-refractivity contribution in [2.75, 3.05) is 32.8 Å². The molecule has 5 nitrogen and oxygen atoms in total. The van der Waals surface area contributed by atoms with Crippen molar-refractivity contribution >= 4 is 19.0 Å². The highest BCUT2D eigenvalue weighted by molar-refractivity contribution is 6.65. The van der Waals surface area contributed by atoms with Gasteiger partial charge in [0, 0.05) is 32.5 Å². The standard InChI is InChI=1S/C20H36BN3O2/c1-9-21(26-15-20(6,7)8)17(4)11-22-18(5)23(10-2)14-19(25)24-12-16(3)13-24/h11,16H,4-5,9-10,12-15H2,1-3,6-8H3. The number of hydrogen-bond donors (Lipinski definition) is 0. The monoisotopic (exact) mass is 361 g/mol. The SMILES string of the molecule is C=C(C=NC(=C)N(CC)CC(=O)N1CC(C)C1)B(CC)OCC(C)(C)C. The molecule has 1 amide bonds. The van der Waals surface area contributed by atoms with Crippen molar-refractivity contribution in [3.63, 3.8) is 0 Å². The van der Waals surface area contributed by atoms with Crippen molar-refractivity contribution in [2.24, 2.45) is 16.3 Å². The van der Waals surface area contributed by atoms with Gasteiger partial charge in [-0.2, -0.15) is 0 Å². The van der Waals surface area contributed by atoms with Gasteiger partial charge >= 0.3 is 6.92 Å². The Morgan fingerprint density at radius 3 is 2.42 bits per heavy atom. The summed E-state index contributed by atoms with van der Waals surface area (Å²) < 4.78 is 5.97. The fourth-order valence-electron chi connectivity index (χ4n) is 2.71. The highest BCUT2D eigenvalue weighted by atomic mass is 16.4. The van der Waals surface area contributed by atoms with E-state index < -0.39 is 0 Å². The Balaban J connectivity index is 2.55. The summed E-state index contributed by atoms with van der Waals surface area (Å²) in [5.74, 6) is 1.33. The molecule has 0 unspecified atom stereocenters. The van der Waals surface area contributed by atoms with Crippen molar-refractivity contribution < 1.29 is 9.45 Å². The molecule has 0 saturated carbocycles. The van der Waals surface area contributed by atoms with Gasteiger partial charge in [0.1, 0.15) is 5.82 Å². The summed E-state index contributed by atoms with van der Waals surface area (Å²) >= 11 is 0. The molecule has 1 heterocycles. The fraction of sp³-hybridized carbons (Fsp3) is 0.700. The second-order valence-corrected chi connectivity index (χ2v) is 8.44. The summed E-state index contributed by atoms with van der Waals surface area (Å²) in [6.07, 6.45) is 2.56. The summed E-state index contributed by atoms with van der Waals surface area (Å²) in [7, 11) is 0. The van der Waals surface area contributed by atoms with Crippen molar-refractivity contribution in [2.45, 2.75) is 47.9 Å². The van der Waals surface area contributed by atoms with Gasteiger partial charge in [-0.25, -0.2) is 4.99 Å². The highest BCUT2D eigenvalue weighted by Gasteiger charge is 2.28. The fourth-order valence-corrected chi connectivity index (χ4v) is 2.71. The van der Waals surface area contributed by atoms with E-state index >= 15 is 0 Å². The number of carbonyl (C=O) groups excluding carboxylic acids is 1. The van der Waals surface area contributed by atoms with E-state index in [0.29, 0.717) is 31.4 Å². The molecule has 0 aliphatic carbocycles. The lowest BCUT2D eigenvalue weighted by molar-refractivity contribution is -0.137. The van der Waals surface area contributed by atoms with E-state index in [0.717, 1.165) is 24.9 Å². The van der Waals surface area contributed by atoms with Crippen molar-refractivity contribution in [1.29, 1.82) is 0 Å². The normalized spacial score (nSPS) is 15.1. The molecule has 0 N–H and O–H groups in total. The minimum absolute atomic E-state index is 0.0509. The van der Waals surface area contributed by atoms with Gasteiger partial charge < -0.3 is 14.5 Å². The lowest BCUT2D eigenvalue weighted by Crippen LogP contribution is -2.51. The van der Waals surface area contributed by atoms with E-state index in [2.05, 4.69) is 52.8 Å². The van der Waals surface area contributed by atoms with Crippen molar-refractivity contribution in [1.82, 2.24) is 9.80 Å². The van der Waals surface area contributed by atoms with Gasteiger partial charge in [-0.15, -0.1) is 6.58 Å². The van der Waals surface area contributed by atoms with Crippen LogP contribution in [0.5, 0.6) is 0 Å².